The molecule has 3 aromatic carbocycles. The summed E-state index contributed by atoms with van der Waals surface area (Å²) in [6.45, 7) is 1.78. The molecular weight excluding hydrogens is 291 g/mol. The Morgan fingerprint density at radius 1 is 0.957 bits per heavy atom. The van der Waals surface area contributed by atoms with Crippen molar-refractivity contribution in [2.45, 2.75) is 6.92 Å². The zero-order valence-electron chi connectivity index (χ0n) is 12.5. The Kier molecular flexibility index (Phi) is 2.98. The van der Waals surface area contributed by atoms with Gasteiger partial charge in [0.15, 0.2) is 0 Å². The zero-order valence-corrected chi connectivity index (χ0v) is 12.5. The highest BCUT2D eigenvalue weighted by molar-refractivity contribution is 5.90. The first-order valence-electron chi connectivity index (χ1n) is 7.32. The summed E-state index contributed by atoms with van der Waals surface area (Å²) < 4.78 is 15.1. The molecule has 0 spiro atoms. The lowest BCUT2D eigenvalue weighted by molar-refractivity contribution is 0.629. The van der Waals surface area contributed by atoms with Crippen LogP contribution in [0.3, 0.4) is 0 Å². The number of aryl methyl sites for hydroxylation is 1. The topological polar surface area (TPSA) is 34.9 Å². The third kappa shape index (κ3) is 2.11. The standard InChI is InChI=1S/C19H13FN2O/c1-12-21-17-10-9-14(20)11-16(17)19(23)22(12)18-8-4-6-13-5-2-3-7-15(13)18/h2-11H,1H3. The second-order valence-corrected chi connectivity index (χ2v) is 5.46. The van der Waals surface area contributed by atoms with Gasteiger partial charge in [-0.3, -0.25) is 9.36 Å². The van der Waals surface area contributed by atoms with E-state index in [1.54, 1.807) is 11.5 Å². The molecule has 0 N–H and O–H groups in total. The summed E-state index contributed by atoms with van der Waals surface area (Å²) in [5.74, 6) is 0.134. The van der Waals surface area contributed by atoms with Crippen LogP contribution < -0.4 is 5.56 Å². The molecule has 0 aliphatic carbocycles. The Labute approximate surface area is 131 Å². The summed E-state index contributed by atoms with van der Waals surface area (Å²) in [4.78, 5) is 17.4. The second kappa shape index (κ2) is 5.02. The van der Waals surface area contributed by atoms with Crippen LogP contribution in [0.4, 0.5) is 4.39 Å². The Morgan fingerprint density at radius 3 is 2.61 bits per heavy atom. The van der Waals surface area contributed by atoms with Gasteiger partial charge in [0.25, 0.3) is 5.56 Å². The summed E-state index contributed by atoms with van der Waals surface area (Å²) in [6, 6.07) is 17.7. The molecule has 0 atom stereocenters. The van der Waals surface area contributed by atoms with Crippen molar-refractivity contribution < 1.29 is 4.39 Å². The first-order chi connectivity index (χ1) is 11.1. The van der Waals surface area contributed by atoms with Gasteiger partial charge < -0.3 is 0 Å². The third-order valence-corrected chi connectivity index (χ3v) is 4.01. The minimum atomic E-state index is -0.440. The van der Waals surface area contributed by atoms with Crippen molar-refractivity contribution in [3.8, 4) is 5.69 Å². The molecule has 1 aromatic heterocycles. The van der Waals surface area contributed by atoms with Gasteiger partial charge in [-0.05, 0) is 36.6 Å². The predicted octanol–water partition coefficient (Wildman–Crippen LogP) is 3.99. The Morgan fingerprint density at radius 2 is 1.74 bits per heavy atom. The zero-order chi connectivity index (χ0) is 16.0. The number of nitrogens with zero attached hydrogens (tertiary/aromatic N) is 2. The highest BCUT2D eigenvalue weighted by Gasteiger charge is 2.12. The monoisotopic (exact) mass is 304 g/mol. The van der Waals surface area contributed by atoms with Gasteiger partial charge in [0.2, 0.25) is 0 Å². The molecule has 0 bridgehead atoms. The average molecular weight is 304 g/mol. The van der Waals surface area contributed by atoms with E-state index in [9.17, 15) is 9.18 Å². The minimum Gasteiger partial charge on any atom is -0.268 e. The lowest BCUT2D eigenvalue weighted by atomic mass is 10.1. The van der Waals surface area contributed by atoms with Crippen LogP contribution in [0.2, 0.25) is 0 Å². The molecule has 3 nitrogen and oxygen atoms in total. The van der Waals surface area contributed by atoms with Crippen molar-refractivity contribution in [2.75, 3.05) is 0 Å². The van der Waals surface area contributed by atoms with Gasteiger partial charge in [0, 0.05) is 5.39 Å². The van der Waals surface area contributed by atoms with Crippen LogP contribution in [-0.4, -0.2) is 9.55 Å². The van der Waals surface area contributed by atoms with Crippen LogP contribution in [0.25, 0.3) is 27.4 Å². The van der Waals surface area contributed by atoms with E-state index in [4.69, 9.17) is 0 Å². The van der Waals surface area contributed by atoms with Gasteiger partial charge in [0.1, 0.15) is 11.6 Å². The first kappa shape index (κ1) is 13.6. The highest BCUT2D eigenvalue weighted by atomic mass is 19.1. The number of halogens is 1. The highest BCUT2D eigenvalue weighted by Crippen LogP contribution is 2.22. The molecule has 112 valence electrons. The van der Waals surface area contributed by atoms with Crippen LogP contribution in [0.1, 0.15) is 5.82 Å². The van der Waals surface area contributed by atoms with Crippen molar-refractivity contribution in [1.29, 1.82) is 0 Å². The molecule has 4 rings (SSSR count). The molecule has 0 unspecified atom stereocenters. The van der Waals surface area contributed by atoms with E-state index in [1.807, 2.05) is 42.5 Å². The average Bonchev–Trinajstić information content (AvgIpc) is 2.56. The van der Waals surface area contributed by atoms with Gasteiger partial charge in [-0.25, -0.2) is 9.37 Å². The number of hydrogen-bond donors (Lipinski definition) is 0. The van der Waals surface area contributed by atoms with Crippen LogP contribution >= 0.6 is 0 Å². The normalized spacial score (nSPS) is 11.2. The fourth-order valence-corrected chi connectivity index (χ4v) is 2.96. The second-order valence-electron chi connectivity index (χ2n) is 5.46. The van der Waals surface area contributed by atoms with Gasteiger partial charge in [-0.15, -0.1) is 0 Å². The summed E-state index contributed by atoms with van der Waals surface area (Å²) >= 11 is 0. The van der Waals surface area contributed by atoms with Crippen molar-refractivity contribution >= 4 is 21.7 Å². The van der Waals surface area contributed by atoms with Crippen LogP contribution in [-0.2, 0) is 0 Å². The van der Waals surface area contributed by atoms with E-state index in [2.05, 4.69) is 4.98 Å². The summed E-state index contributed by atoms with van der Waals surface area (Å²) in [7, 11) is 0. The van der Waals surface area contributed by atoms with Crippen molar-refractivity contribution in [3.05, 3.63) is 82.7 Å². The first-order valence-corrected chi connectivity index (χ1v) is 7.32. The quantitative estimate of drug-likeness (QED) is 0.533. The molecule has 0 fully saturated rings. The lowest BCUT2D eigenvalue weighted by Gasteiger charge is -2.13. The molecule has 4 aromatic rings. The molecule has 0 radical (unpaired) electrons. The van der Waals surface area contributed by atoms with Crippen LogP contribution in [0.15, 0.2) is 65.5 Å². The Hall–Kier alpha value is -3.01. The predicted molar refractivity (Wildman–Crippen MR) is 89.5 cm³/mol. The van der Waals surface area contributed by atoms with E-state index in [0.717, 1.165) is 16.5 Å². The molecule has 0 saturated heterocycles. The maximum absolute atomic E-state index is 13.5. The van der Waals surface area contributed by atoms with Gasteiger partial charge >= 0.3 is 0 Å². The number of fused-ring (bicyclic) bond motifs is 2. The molecular formula is C19H13FN2O. The SMILES string of the molecule is Cc1nc2ccc(F)cc2c(=O)n1-c1cccc2ccccc12. The number of aromatic nitrogens is 2. The van der Waals surface area contributed by atoms with E-state index in [-0.39, 0.29) is 10.9 Å². The molecule has 0 aliphatic heterocycles. The largest absolute Gasteiger partial charge is 0.268 e. The molecule has 23 heavy (non-hydrogen) atoms. The maximum atomic E-state index is 13.5. The Balaban J connectivity index is 2.15. The molecule has 0 amide bonds. The summed E-state index contributed by atoms with van der Waals surface area (Å²) in [6.07, 6.45) is 0. The van der Waals surface area contributed by atoms with E-state index in [1.165, 1.54) is 18.2 Å². The van der Waals surface area contributed by atoms with E-state index >= 15 is 0 Å². The number of rotatable bonds is 1. The number of benzene rings is 3. The van der Waals surface area contributed by atoms with Gasteiger partial charge in [-0.1, -0.05) is 36.4 Å². The van der Waals surface area contributed by atoms with Gasteiger partial charge in [0.05, 0.1) is 16.6 Å². The third-order valence-electron chi connectivity index (χ3n) is 4.01. The van der Waals surface area contributed by atoms with Crippen molar-refractivity contribution in [1.82, 2.24) is 9.55 Å². The summed E-state index contributed by atoms with van der Waals surface area (Å²) in [5, 5.41) is 2.27. The summed E-state index contributed by atoms with van der Waals surface area (Å²) in [5.41, 5.74) is 0.998. The minimum absolute atomic E-state index is 0.261. The van der Waals surface area contributed by atoms with E-state index in [0.29, 0.717) is 11.3 Å². The van der Waals surface area contributed by atoms with Crippen LogP contribution in [0, 0.1) is 12.7 Å². The van der Waals surface area contributed by atoms with Crippen LogP contribution in [0.5, 0.6) is 0 Å². The Bertz CT molecular complexity index is 1110. The van der Waals surface area contributed by atoms with E-state index < -0.39 is 5.82 Å². The fraction of sp³-hybridized carbons (Fsp3) is 0.0526. The fourth-order valence-electron chi connectivity index (χ4n) is 2.96. The van der Waals surface area contributed by atoms with Crippen molar-refractivity contribution in [3.63, 3.8) is 0 Å². The molecule has 0 aliphatic rings. The molecule has 4 heteroatoms. The van der Waals surface area contributed by atoms with Crippen molar-refractivity contribution in [2.24, 2.45) is 0 Å². The maximum Gasteiger partial charge on any atom is 0.266 e. The molecule has 0 saturated carbocycles. The smallest absolute Gasteiger partial charge is 0.266 e. The van der Waals surface area contributed by atoms with Gasteiger partial charge in [-0.2, -0.15) is 0 Å². The molecule has 1 heterocycles. The number of hydrogen-bond acceptors (Lipinski definition) is 2. The lowest BCUT2D eigenvalue weighted by Crippen LogP contribution is -2.22.